The lowest BCUT2D eigenvalue weighted by molar-refractivity contribution is -0.141. The van der Waals surface area contributed by atoms with Crippen LogP contribution in [-0.2, 0) is 6.18 Å². The van der Waals surface area contributed by atoms with Crippen molar-refractivity contribution in [1.82, 2.24) is 29.4 Å². The van der Waals surface area contributed by atoms with Crippen molar-refractivity contribution in [3.8, 4) is 11.5 Å². The lowest BCUT2D eigenvalue weighted by Crippen LogP contribution is -2.30. The zero-order valence-electron chi connectivity index (χ0n) is 18.3. The van der Waals surface area contributed by atoms with Crippen LogP contribution in [0.15, 0.2) is 33.5 Å². The van der Waals surface area contributed by atoms with Gasteiger partial charge in [-0.05, 0) is 31.2 Å². The average Bonchev–Trinajstić information content (AvgIpc) is 3.47. The molecule has 5 rings (SSSR count). The number of alkyl halides is 3. The van der Waals surface area contributed by atoms with Gasteiger partial charge in [-0.2, -0.15) is 18.3 Å². The number of hydrogen-bond donors (Lipinski definition) is 0. The fourth-order valence-electron chi connectivity index (χ4n) is 3.69. The second-order valence-electron chi connectivity index (χ2n) is 8.08. The van der Waals surface area contributed by atoms with Crippen LogP contribution >= 0.6 is 34.5 Å². The van der Waals surface area contributed by atoms with Crippen LogP contribution in [0.3, 0.4) is 0 Å². The second kappa shape index (κ2) is 8.32. The third-order valence-corrected chi connectivity index (χ3v) is 6.87. The van der Waals surface area contributed by atoms with E-state index >= 15 is 0 Å². The van der Waals surface area contributed by atoms with Gasteiger partial charge in [0.05, 0.1) is 20.1 Å². The zero-order chi connectivity index (χ0) is 25.2. The Morgan fingerprint density at radius 2 is 1.83 bits per heavy atom. The highest BCUT2D eigenvalue weighted by molar-refractivity contribution is 7.22. The summed E-state index contributed by atoms with van der Waals surface area (Å²) in [4.78, 5) is 16.7. The third kappa shape index (κ3) is 3.99. The Labute approximate surface area is 208 Å². The number of hydrogen-bond acceptors (Lipinski definition) is 7. The van der Waals surface area contributed by atoms with E-state index in [1.807, 2.05) is 13.8 Å². The molecule has 5 aromatic heterocycles. The number of halogens is 5. The molecule has 0 N–H and O–H groups in total. The summed E-state index contributed by atoms with van der Waals surface area (Å²) >= 11 is 13.5. The molecule has 0 amide bonds. The first-order chi connectivity index (χ1) is 16.5. The molecule has 5 aromatic rings. The summed E-state index contributed by atoms with van der Waals surface area (Å²) < 4.78 is 48.8. The van der Waals surface area contributed by atoms with Crippen LogP contribution in [0.5, 0.6) is 0 Å². The predicted molar refractivity (Wildman–Crippen MR) is 125 cm³/mol. The molecule has 0 bridgehead atoms. The smallest absolute Gasteiger partial charge is 0.418 e. The molecule has 0 aromatic carbocycles. The van der Waals surface area contributed by atoms with Gasteiger partial charge in [-0.3, -0.25) is 9.20 Å². The van der Waals surface area contributed by atoms with Crippen molar-refractivity contribution in [3.63, 3.8) is 0 Å². The van der Waals surface area contributed by atoms with Crippen LogP contribution < -0.4 is 5.56 Å². The minimum absolute atomic E-state index is 0.0287. The molecule has 0 aliphatic carbocycles. The van der Waals surface area contributed by atoms with Crippen LogP contribution in [0, 0.1) is 0 Å². The van der Waals surface area contributed by atoms with E-state index in [1.165, 1.54) is 16.0 Å². The van der Waals surface area contributed by atoms with Crippen LogP contribution in [0.25, 0.3) is 27.2 Å². The first-order valence-corrected chi connectivity index (χ1v) is 11.8. The number of nitrogens with zero attached hydrogens (tertiary/aromatic N) is 6. The summed E-state index contributed by atoms with van der Waals surface area (Å²) in [5.41, 5.74) is -0.266. The number of rotatable bonds is 4. The van der Waals surface area contributed by atoms with Gasteiger partial charge in [0.1, 0.15) is 28.2 Å². The van der Waals surface area contributed by atoms with Crippen molar-refractivity contribution in [2.24, 2.45) is 0 Å². The third-order valence-electron chi connectivity index (χ3n) is 5.38. The van der Waals surface area contributed by atoms with Gasteiger partial charge in [-0.1, -0.05) is 37.0 Å². The van der Waals surface area contributed by atoms with Gasteiger partial charge in [0, 0.05) is 5.92 Å². The number of aromatic nitrogens is 6. The molecule has 1 atom stereocenters. The highest BCUT2D eigenvalue weighted by atomic mass is 35.5. The highest BCUT2D eigenvalue weighted by Gasteiger charge is 2.33. The normalized spacial score (nSPS) is 13.4. The Kier molecular flexibility index (Phi) is 5.65. The molecule has 0 unspecified atom stereocenters. The van der Waals surface area contributed by atoms with E-state index < -0.39 is 23.1 Å². The van der Waals surface area contributed by atoms with Crippen LogP contribution in [0.1, 0.15) is 50.1 Å². The molecular weight excluding hydrogens is 528 g/mol. The Hall–Kier alpha value is -2.96. The van der Waals surface area contributed by atoms with Gasteiger partial charge in [0.25, 0.3) is 11.4 Å². The van der Waals surface area contributed by atoms with Gasteiger partial charge in [0.2, 0.25) is 5.89 Å². The van der Waals surface area contributed by atoms with Crippen molar-refractivity contribution < 1.29 is 17.6 Å². The van der Waals surface area contributed by atoms with Gasteiger partial charge >= 0.3 is 6.18 Å². The van der Waals surface area contributed by atoms with Gasteiger partial charge in [0.15, 0.2) is 0 Å². The summed E-state index contributed by atoms with van der Waals surface area (Å²) in [5.74, 6) is 0.488. The van der Waals surface area contributed by atoms with Crippen LogP contribution in [-0.4, -0.2) is 29.4 Å². The van der Waals surface area contributed by atoms with E-state index in [4.69, 9.17) is 27.6 Å². The van der Waals surface area contributed by atoms with Gasteiger partial charge in [-0.25, -0.2) is 9.67 Å². The summed E-state index contributed by atoms with van der Waals surface area (Å²) in [7, 11) is 0. The highest BCUT2D eigenvalue weighted by Crippen LogP contribution is 2.34. The molecular formula is C21H15Cl2F3N6O2S. The molecule has 35 heavy (non-hydrogen) atoms. The summed E-state index contributed by atoms with van der Waals surface area (Å²) in [6.07, 6.45) is -4.64. The van der Waals surface area contributed by atoms with E-state index in [9.17, 15) is 18.0 Å². The topological polar surface area (TPSA) is 91.1 Å². The van der Waals surface area contributed by atoms with Crippen LogP contribution in [0.4, 0.5) is 13.2 Å². The van der Waals surface area contributed by atoms with Gasteiger partial charge in [-0.15, -0.1) is 21.5 Å². The maximum atomic E-state index is 13.4. The minimum Gasteiger partial charge on any atom is -0.418 e. The molecule has 5 heterocycles. The first-order valence-electron chi connectivity index (χ1n) is 10.3. The molecule has 0 radical (unpaired) electrons. The standard InChI is InChI=1S/C21H15Cl2F3N6O2S/c1-8(2)17-30-32(20(33)12-6-13-11(31(12)17)7-15(22)35-13)9(3)18-28-29-19(34-18)10-4-5-14(21(24,25)26)27-16(10)23/h4-9H,1-3H3/t9-/m1/s1. The largest absolute Gasteiger partial charge is 0.433 e. The molecule has 0 spiro atoms. The lowest BCUT2D eigenvalue weighted by Gasteiger charge is -2.15. The summed E-state index contributed by atoms with van der Waals surface area (Å²) in [6.45, 7) is 5.55. The van der Waals surface area contributed by atoms with Crippen molar-refractivity contribution in [1.29, 1.82) is 0 Å². The maximum absolute atomic E-state index is 13.4. The SMILES string of the molecule is CC(C)c1nn([C@H](C)c2nnc(-c3ccc(C(F)(F)F)nc3Cl)o2)c(=O)c2cc3sc(Cl)cc3n12. The van der Waals surface area contributed by atoms with E-state index in [2.05, 4.69) is 20.3 Å². The first kappa shape index (κ1) is 23.8. The number of pyridine rings is 1. The molecule has 182 valence electrons. The van der Waals surface area contributed by atoms with E-state index in [-0.39, 0.29) is 28.8 Å². The zero-order valence-corrected chi connectivity index (χ0v) is 20.6. The van der Waals surface area contributed by atoms with E-state index in [1.54, 1.807) is 23.5 Å². The Bertz CT molecular complexity index is 1650. The predicted octanol–water partition coefficient (Wildman–Crippen LogP) is 6.21. The maximum Gasteiger partial charge on any atom is 0.433 e. The van der Waals surface area contributed by atoms with Crippen LogP contribution in [0.2, 0.25) is 9.49 Å². The molecule has 0 aliphatic rings. The average molecular weight is 543 g/mol. The van der Waals surface area contributed by atoms with Crippen molar-refractivity contribution in [2.75, 3.05) is 0 Å². The molecule has 14 heteroatoms. The minimum atomic E-state index is -4.64. The van der Waals surface area contributed by atoms with Crippen molar-refractivity contribution >= 4 is 50.3 Å². The molecule has 0 saturated carbocycles. The number of fused-ring (bicyclic) bond motifs is 3. The number of thiophene rings is 1. The second-order valence-corrected chi connectivity index (χ2v) is 10.2. The fraction of sp³-hybridized carbons (Fsp3) is 0.286. The van der Waals surface area contributed by atoms with Crippen molar-refractivity contribution in [2.45, 2.75) is 38.9 Å². The molecule has 0 fully saturated rings. The monoisotopic (exact) mass is 542 g/mol. The fourth-order valence-corrected chi connectivity index (χ4v) is 5.08. The Morgan fingerprint density at radius 1 is 1.09 bits per heavy atom. The summed E-state index contributed by atoms with van der Waals surface area (Å²) in [5, 5.41) is 12.0. The molecule has 0 aliphatic heterocycles. The van der Waals surface area contributed by atoms with E-state index in [0.29, 0.717) is 15.7 Å². The molecule has 0 saturated heterocycles. The lowest BCUT2D eigenvalue weighted by atomic mass is 10.2. The Balaban J connectivity index is 1.58. The van der Waals surface area contributed by atoms with Gasteiger partial charge < -0.3 is 4.42 Å². The van der Waals surface area contributed by atoms with Crippen molar-refractivity contribution in [3.05, 3.63) is 61.5 Å². The Morgan fingerprint density at radius 3 is 2.49 bits per heavy atom. The summed E-state index contributed by atoms with van der Waals surface area (Å²) in [6, 6.07) is 4.66. The van der Waals surface area contributed by atoms with E-state index in [0.717, 1.165) is 22.3 Å². The quantitative estimate of drug-likeness (QED) is 0.250. The molecule has 8 nitrogen and oxygen atoms in total.